The van der Waals surface area contributed by atoms with Gasteiger partial charge in [0.2, 0.25) is 5.82 Å². The van der Waals surface area contributed by atoms with Crippen molar-refractivity contribution in [3.63, 3.8) is 0 Å². The van der Waals surface area contributed by atoms with Crippen LogP contribution in [0.25, 0.3) is 11.4 Å². The first kappa shape index (κ1) is 14.2. The molecule has 106 valence electrons. The SMILES string of the molecule is Cc1cc(C(=O)O)ccc1-c1nnn(CC(C)(C)C)n1. The van der Waals surface area contributed by atoms with Gasteiger partial charge in [-0.25, -0.2) is 4.79 Å². The Balaban J connectivity index is 2.31. The molecule has 6 heteroatoms. The van der Waals surface area contributed by atoms with Crippen LogP contribution in [0.2, 0.25) is 0 Å². The fourth-order valence-corrected chi connectivity index (χ4v) is 1.89. The Bertz CT molecular complexity index is 641. The summed E-state index contributed by atoms with van der Waals surface area (Å²) in [6.07, 6.45) is 0. The van der Waals surface area contributed by atoms with Crippen molar-refractivity contribution < 1.29 is 9.90 Å². The van der Waals surface area contributed by atoms with Gasteiger partial charge < -0.3 is 5.11 Å². The highest BCUT2D eigenvalue weighted by atomic mass is 16.4. The lowest BCUT2D eigenvalue weighted by atomic mass is 9.97. The van der Waals surface area contributed by atoms with Crippen LogP contribution < -0.4 is 0 Å². The van der Waals surface area contributed by atoms with Crippen LogP contribution >= 0.6 is 0 Å². The molecule has 0 aliphatic heterocycles. The fourth-order valence-electron chi connectivity index (χ4n) is 1.89. The smallest absolute Gasteiger partial charge is 0.335 e. The van der Waals surface area contributed by atoms with E-state index >= 15 is 0 Å². The third kappa shape index (κ3) is 3.20. The summed E-state index contributed by atoms with van der Waals surface area (Å²) in [5, 5.41) is 21.4. The van der Waals surface area contributed by atoms with Gasteiger partial charge in [0.05, 0.1) is 12.1 Å². The molecule has 1 heterocycles. The van der Waals surface area contributed by atoms with Gasteiger partial charge in [-0.1, -0.05) is 20.8 Å². The minimum Gasteiger partial charge on any atom is -0.478 e. The number of aryl methyl sites for hydroxylation is 1. The molecule has 0 amide bonds. The lowest BCUT2D eigenvalue weighted by Crippen LogP contribution is -2.17. The lowest BCUT2D eigenvalue weighted by Gasteiger charge is -2.15. The number of aromatic carboxylic acids is 1. The molecule has 0 radical (unpaired) electrons. The number of tetrazole rings is 1. The Hall–Kier alpha value is -2.24. The first-order valence-corrected chi connectivity index (χ1v) is 6.38. The van der Waals surface area contributed by atoms with Gasteiger partial charge in [-0.3, -0.25) is 0 Å². The van der Waals surface area contributed by atoms with Crippen LogP contribution in [0.3, 0.4) is 0 Å². The second-order valence-electron chi connectivity index (χ2n) is 6.04. The summed E-state index contributed by atoms with van der Waals surface area (Å²) in [5.41, 5.74) is 1.95. The highest BCUT2D eigenvalue weighted by Gasteiger charge is 2.15. The molecule has 0 aliphatic rings. The van der Waals surface area contributed by atoms with E-state index in [1.165, 1.54) is 0 Å². The topological polar surface area (TPSA) is 80.9 Å². The molecule has 20 heavy (non-hydrogen) atoms. The average molecular weight is 274 g/mol. The second kappa shape index (κ2) is 5.03. The van der Waals surface area contributed by atoms with Crippen LogP contribution in [-0.4, -0.2) is 31.3 Å². The molecule has 0 saturated heterocycles. The lowest BCUT2D eigenvalue weighted by molar-refractivity contribution is 0.0697. The number of carbonyl (C=O) groups is 1. The molecule has 0 unspecified atom stereocenters. The number of rotatable bonds is 3. The van der Waals surface area contributed by atoms with Crippen molar-refractivity contribution in [2.75, 3.05) is 0 Å². The van der Waals surface area contributed by atoms with Gasteiger partial charge in [-0.2, -0.15) is 4.80 Å². The predicted octanol–water partition coefficient (Wildman–Crippen LogP) is 2.39. The first-order valence-electron chi connectivity index (χ1n) is 6.38. The number of benzene rings is 1. The van der Waals surface area contributed by atoms with Crippen LogP contribution in [0.15, 0.2) is 18.2 Å². The Morgan fingerprint density at radius 1 is 1.35 bits per heavy atom. The van der Waals surface area contributed by atoms with E-state index in [4.69, 9.17) is 5.11 Å². The van der Waals surface area contributed by atoms with Crippen molar-refractivity contribution in [1.29, 1.82) is 0 Å². The Kier molecular flexibility index (Phi) is 3.57. The van der Waals surface area contributed by atoms with Gasteiger partial charge in [-0.15, -0.1) is 10.2 Å². The van der Waals surface area contributed by atoms with E-state index in [0.717, 1.165) is 11.1 Å². The number of hydrogen-bond donors (Lipinski definition) is 1. The van der Waals surface area contributed by atoms with E-state index in [2.05, 4.69) is 36.2 Å². The highest BCUT2D eigenvalue weighted by molar-refractivity contribution is 5.88. The summed E-state index contributed by atoms with van der Waals surface area (Å²) in [6, 6.07) is 4.88. The molecule has 0 atom stereocenters. The van der Waals surface area contributed by atoms with Crippen LogP contribution in [0.1, 0.15) is 36.7 Å². The molecule has 1 aromatic carbocycles. The molecule has 2 rings (SSSR count). The second-order valence-corrected chi connectivity index (χ2v) is 6.04. The van der Waals surface area contributed by atoms with Crippen molar-refractivity contribution in [3.8, 4) is 11.4 Å². The first-order chi connectivity index (χ1) is 9.26. The minimum absolute atomic E-state index is 0.0696. The molecule has 0 aliphatic carbocycles. The van der Waals surface area contributed by atoms with E-state index in [1.807, 2.05) is 6.92 Å². The summed E-state index contributed by atoms with van der Waals surface area (Å²) >= 11 is 0. The van der Waals surface area contributed by atoms with Crippen molar-refractivity contribution in [1.82, 2.24) is 20.2 Å². The Labute approximate surface area is 117 Å². The standard InChI is InChI=1S/C14H18N4O2/c1-9-7-10(13(19)20)5-6-11(9)12-15-17-18(16-12)8-14(2,3)4/h5-7H,8H2,1-4H3,(H,19,20). The maximum atomic E-state index is 10.9. The number of hydrogen-bond acceptors (Lipinski definition) is 4. The third-order valence-corrected chi connectivity index (χ3v) is 2.78. The maximum absolute atomic E-state index is 10.9. The van der Waals surface area contributed by atoms with Gasteiger partial charge in [0.1, 0.15) is 0 Å². The summed E-state index contributed by atoms with van der Waals surface area (Å²) < 4.78 is 0. The largest absolute Gasteiger partial charge is 0.478 e. The molecule has 1 N–H and O–H groups in total. The molecular formula is C14H18N4O2. The van der Waals surface area contributed by atoms with Gasteiger partial charge in [-0.05, 0) is 41.3 Å². The van der Waals surface area contributed by atoms with E-state index in [1.54, 1.807) is 23.0 Å². The number of aromatic nitrogens is 4. The zero-order valence-electron chi connectivity index (χ0n) is 12.1. The normalized spacial score (nSPS) is 11.6. The molecule has 6 nitrogen and oxygen atoms in total. The Morgan fingerprint density at radius 2 is 2.05 bits per heavy atom. The fraction of sp³-hybridized carbons (Fsp3) is 0.429. The summed E-state index contributed by atoms with van der Waals surface area (Å²) in [6.45, 7) is 8.81. The van der Waals surface area contributed by atoms with Crippen molar-refractivity contribution in [2.24, 2.45) is 5.41 Å². The van der Waals surface area contributed by atoms with Crippen LogP contribution in [-0.2, 0) is 6.54 Å². The summed E-state index contributed by atoms with van der Waals surface area (Å²) in [5.74, 6) is -0.423. The third-order valence-electron chi connectivity index (χ3n) is 2.78. The zero-order valence-corrected chi connectivity index (χ0v) is 12.1. The summed E-state index contributed by atoms with van der Waals surface area (Å²) in [7, 11) is 0. The maximum Gasteiger partial charge on any atom is 0.335 e. The van der Waals surface area contributed by atoms with E-state index < -0.39 is 5.97 Å². The van der Waals surface area contributed by atoms with Crippen molar-refractivity contribution in [3.05, 3.63) is 29.3 Å². The molecule has 1 aromatic heterocycles. The van der Waals surface area contributed by atoms with Gasteiger partial charge in [0.25, 0.3) is 0 Å². The monoisotopic (exact) mass is 274 g/mol. The molecular weight excluding hydrogens is 256 g/mol. The predicted molar refractivity (Wildman–Crippen MR) is 74.4 cm³/mol. The van der Waals surface area contributed by atoms with Gasteiger partial charge in [0.15, 0.2) is 0 Å². The average Bonchev–Trinajstić information content (AvgIpc) is 2.74. The quantitative estimate of drug-likeness (QED) is 0.929. The number of carboxylic acids is 1. The Morgan fingerprint density at radius 3 is 2.60 bits per heavy atom. The molecule has 2 aromatic rings. The van der Waals surface area contributed by atoms with Gasteiger partial charge in [0, 0.05) is 5.56 Å². The molecule has 0 bridgehead atoms. The van der Waals surface area contributed by atoms with Gasteiger partial charge >= 0.3 is 5.97 Å². The molecule has 0 fully saturated rings. The summed E-state index contributed by atoms with van der Waals surface area (Å²) in [4.78, 5) is 12.5. The molecule has 0 spiro atoms. The van der Waals surface area contributed by atoms with E-state index in [0.29, 0.717) is 12.4 Å². The van der Waals surface area contributed by atoms with Crippen molar-refractivity contribution >= 4 is 5.97 Å². The number of carboxylic acid groups (broad SMARTS) is 1. The van der Waals surface area contributed by atoms with Crippen molar-refractivity contribution in [2.45, 2.75) is 34.2 Å². The zero-order chi connectivity index (χ0) is 14.9. The van der Waals surface area contributed by atoms with Crippen LogP contribution in [0.4, 0.5) is 0 Å². The highest BCUT2D eigenvalue weighted by Crippen LogP contribution is 2.21. The minimum atomic E-state index is -0.941. The van der Waals surface area contributed by atoms with Crippen LogP contribution in [0, 0.1) is 12.3 Å². The number of nitrogens with zero attached hydrogens (tertiary/aromatic N) is 4. The molecule has 0 saturated carbocycles. The van der Waals surface area contributed by atoms with Crippen LogP contribution in [0.5, 0.6) is 0 Å². The van der Waals surface area contributed by atoms with E-state index in [-0.39, 0.29) is 11.0 Å². The van der Waals surface area contributed by atoms with E-state index in [9.17, 15) is 4.79 Å².